The summed E-state index contributed by atoms with van der Waals surface area (Å²) in [7, 11) is 3.94. The van der Waals surface area contributed by atoms with Gasteiger partial charge in [-0.1, -0.05) is 18.2 Å². The van der Waals surface area contributed by atoms with E-state index in [2.05, 4.69) is 22.0 Å². The summed E-state index contributed by atoms with van der Waals surface area (Å²) in [5, 5.41) is 1.23. The van der Waals surface area contributed by atoms with Crippen LogP contribution in [0.5, 0.6) is 0 Å². The normalized spacial score (nSPS) is 22.8. The van der Waals surface area contributed by atoms with Crippen LogP contribution in [0.3, 0.4) is 0 Å². The second kappa shape index (κ2) is 9.32. The van der Waals surface area contributed by atoms with E-state index in [1.807, 2.05) is 12.1 Å². The van der Waals surface area contributed by atoms with Gasteiger partial charge in [0.1, 0.15) is 0 Å². The molecule has 2 aliphatic rings. The fraction of sp³-hybridized carbons (Fsp3) is 0.542. The number of piperidine rings is 1. The minimum atomic E-state index is -1.02. The van der Waals surface area contributed by atoms with Crippen LogP contribution in [-0.2, 0) is 35.0 Å². The van der Waals surface area contributed by atoms with Gasteiger partial charge in [-0.25, -0.2) is 0 Å². The first-order valence-electron chi connectivity index (χ1n) is 11.0. The third-order valence-electron chi connectivity index (χ3n) is 7.12. The number of nitrogens with one attached hydrogen (secondary N) is 1. The van der Waals surface area contributed by atoms with Crippen LogP contribution in [0, 0.1) is 17.8 Å². The Morgan fingerprint density at radius 2 is 1.81 bits per heavy atom. The highest BCUT2D eigenvalue weighted by Gasteiger charge is 2.48. The van der Waals surface area contributed by atoms with Gasteiger partial charge in [-0.3, -0.25) is 19.3 Å². The first kappa shape index (κ1) is 22.3. The molecule has 172 valence electrons. The molecule has 1 saturated heterocycles. The van der Waals surface area contributed by atoms with E-state index in [4.69, 9.17) is 14.2 Å². The topological polar surface area (TPSA) is 97.9 Å². The van der Waals surface area contributed by atoms with E-state index in [1.54, 1.807) is 0 Å². The summed E-state index contributed by atoms with van der Waals surface area (Å²) < 4.78 is 14.8. The lowest BCUT2D eigenvalue weighted by Crippen LogP contribution is -2.50. The summed E-state index contributed by atoms with van der Waals surface area (Å²) in [5.74, 6) is -2.85. The molecule has 0 spiro atoms. The number of methoxy groups -OCH3 is 3. The summed E-state index contributed by atoms with van der Waals surface area (Å²) in [6, 6.07) is 8.32. The number of hydrogen-bond acceptors (Lipinski definition) is 7. The third-order valence-corrected chi connectivity index (χ3v) is 7.12. The Kier molecular flexibility index (Phi) is 6.50. The van der Waals surface area contributed by atoms with Crippen molar-refractivity contribution in [2.45, 2.75) is 31.7 Å². The fourth-order valence-corrected chi connectivity index (χ4v) is 5.56. The quantitative estimate of drug-likeness (QED) is 0.417. The van der Waals surface area contributed by atoms with Crippen LogP contribution >= 0.6 is 0 Å². The van der Waals surface area contributed by atoms with Gasteiger partial charge in [0.05, 0.1) is 27.4 Å². The molecule has 32 heavy (non-hydrogen) atoms. The smallest absolute Gasteiger partial charge is 0.320 e. The van der Waals surface area contributed by atoms with Crippen molar-refractivity contribution in [2.24, 2.45) is 17.8 Å². The Bertz CT molecular complexity index is 999. The number of hydrogen-bond donors (Lipinski definition) is 1. The van der Waals surface area contributed by atoms with E-state index in [9.17, 15) is 14.4 Å². The molecular weight excluding hydrogens is 412 g/mol. The van der Waals surface area contributed by atoms with E-state index in [1.165, 1.54) is 32.3 Å². The Balaban J connectivity index is 1.70. The first-order valence-corrected chi connectivity index (χ1v) is 11.0. The van der Waals surface area contributed by atoms with Crippen LogP contribution in [0.2, 0.25) is 0 Å². The SMILES string of the molecule is COC(=O)CC[C@@H]1CN2CCc3c([nH]c4ccccc34)[C@@H]2C[C@@H]1C(C(=O)OC)C(=O)OC. The second-order valence-electron chi connectivity index (χ2n) is 8.62. The Morgan fingerprint density at radius 3 is 2.50 bits per heavy atom. The number of nitrogens with zero attached hydrogens (tertiary/aromatic N) is 1. The zero-order chi connectivity index (χ0) is 22.8. The number of carbonyl (C=O) groups is 3. The average molecular weight is 443 g/mol. The molecule has 2 aromatic rings. The maximum absolute atomic E-state index is 12.7. The van der Waals surface area contributed by atoms with Gasteiger partial charge in [-0.05, 0) is 42.7 Å². The molecule has 8 heteroatoms. The predicted molar refractivity (Wildman–Crippen MR) is 117 cm³/mol. The number of H-pyrrole nitrogens is 1. The standard InChI is InChI=1S/C24H30N2O6/c1-30-20(27)9-8-14-13-26-11-10-16-15-6-4-5-7-18(15)25-22(16)19(26)12-17(14)21(23(28)31-2)24(29)32-3/h4-7,14,17,19,21,25H,8-13H2,1-3H3/t14-,17+,19+/m1/s1. The summed E-state index contributed by atoms with van der Waals surface area (Å²) in [5.41, 5.74) is 3.56. The van der Waals surface area contributed by atoms with Gasteiger partial charge in [-0.15, -0.1) is 0 Å². The average Bonchev–Trinajstić information content (AvgIpc) is 3.21. The minimum absolute atomic E-state index is 0.0421. The Morgan fingerprint density at radius 1 is 1.09 bits per heavy atom. The van der Waals surface area contributed by atoms with Gasteiger partial charge in [-0.2, -0.15) is 0 Å². The molecule has 3 heterocycles. The minimum Gasteiger partial charge on any atom is -0.469 e. The molecule has 1 aromatic carbocycles. The van der Waals surface area contributed by atoms with Crippen LogP contribution < -0.4 is 0 Å². The number of esters is 3. The van der Waals surface area contributed by atoms with Crippen molar-refractivity contribution in [3.63, 3.8) is 0 Å². The summed E-state index contributed by atoms with van der Waals surface area (Å²) in [6.45, 7) is 1.58. The van der Waals surface area contributed by atoms with E-state index >= 15 is 0 Å². The van der Waals surface area contributed by atoms with Crippen molar-refractivity contribution in [1.82, 2.24) is 9.88 Å². The third kappa shape index (κ3) is 3.99. The summed E-state index contributed by atoms with van der Waals surface area (Å²) in [4.78, 5) is 43.1. The zero-order valence-corrected chi connectivity index (χ0v) is 18.8. The molecule has 8 nitrogen and oxygen atoms in total. The highest BCUT2D eigenvalue weighted by Crippen LogP contribution is 2.46. The van der Waals surface area contributed by atoms with Gasteiger partial charge in [0.15, 0.2) is 5.92 Å². The largest absolute Gasteiger partial charge is 0.469 e. The van der Waals surface area contributed by atoms with Crippen LogP contribution in [0.4, 0.5) is 0 Å². The summed E-state index contributed by atoms with van der Waals surface area (Å²) >= 11 is 0. The van der Waals surface area contributed by atoms with Gasteiger partial charge >= 0.3 is 17.9 Å². The monoisotopic (exact) mass is 442 g/mol. The lowest BCUT2D eigenvalue weighted by atomic mass is 9.70. The molecular formula is C24H30N2O6. The van der Waals surface area contributed by atoms with E-state index in [0.717, 1.165) is 24.2 Å². The van der Waals surface area contributed by atoms with Crippen molar-refractivity contribution in [1.29, 1.82) is 0 Å². The van der Waals surface area contributed by atoms with Crippen LogP contribution in [0.1, 0.15) is 36.6 Å². The molecule has 4 rings (SSSR count). The maximum Gasteiger partial charge on any atom is 0.320 e. The molecule has 0 bridgehead atoms. The number of rotatable bonds is 6. The number of aromatic amines is 1. The molecule has 3 atom stereocenters. The van der Waals surface area contributed by atoms with Crippen molar-refractivity contribution in [3.05, 3.63) is 35.5 Å². The Hall–Kier alpha value is -2.87. The molecule has 1 fully saturated rings. The highest BCUT2D eigenvalue weighted by molar-refractivity contribution is 5.95. The molecule has 0 unspecified atom stereocenters. The lowest BCUT2D eigenvalue weighted by Gasteiger charge is -2.47. The number of ether oxygens (including phenoxy) is 3. The molecule has 2 aliphatic heterocycles. The van der Waals surface area contributed by atoms with Crippen molar-refractivity contribution in [3.8, 4) is 0 Å². The van der Waals surface area contributed by atoms with Crippen LogP contribution in [0.25, 0.3) is 10.9 Å². The lowest BCUT2D eigenvalue weighted by molar-refractivity contribution is -0.165. The van der Waals surface area contributed by atoms with Crippen LogP contribution in [0.15, 0.2) is 24.3 Å². The first-order chi connectivity index (χ1) is 15.5. The molecule has 0 saturated carbocycles. The number of carbonyl (C=O) groups excluding carboxylic acids is 3. The predicted octanol–water partition coefficient (Wildman–Crippen LogP) is 2.62. The van der Waals surface area contributed by atoms with Crippen LogP contribution in [-0.4, -0.2) is 62.2 Å². The van der Waals surface area contributed by atoms with Crippen molar-refractivity contribution in [2.75, 3.05) is 34.4 Å². The number of para-hydroxylation sites is 1. The van der Waals surface area contributed by atoms with Gasteiger partial charge in [0.2, 0.25) is 0 Å². The maximum atomic E-state index is 12.7. The highest BCUT2D eigenvalue weighted by atomic mass is 16.5. The van der Waals surface area contributed by atoms with E-state index in [-0.39, 0.29) is 30.3 Å². The van der Waals surface area contributed by atoms with Crippen molar-refractivity contribution < 1.29 is 28.6 Å². The Labute approximate surface area is 187 Å². The molecule has 0 aliphatic carbocycles. The van der Waals surface area contributed by atoms with E-state index < -0.39 is 17.9 Å². The molecule has 0 radical (unpaired) electrons. The number of aromatic nitrogens is 1. The molecule has 0 amide bonds. The zero-order valence-electron chi connectivity index (χ0n) is 18.8. The second-order valence-corrected chi connectivity index (χ2v) is 8.62. The fourth-order valence-electron chi connectivity index (χ4n) is 5.56. The van der Waals surface area contributed by atoms with Gasteiger partial charge in [0.25, 0.3) is 0 Å². The van der Waals surface area contributed by atoms with Gasteiger partial charge < -0.3 is 19.2 Å². The number of fused-ring (bicyclic) bond motifs is 5. The number of benzene rings is 1. The summed E-state index contributed by atoms with van der Waals surface area (Å²) in [6.07, 6.45) is 2.30. The van der Waals surface area contributed by atoms with Gasteiger partial charge in [0, 0.05) is 36.1 Å². The van der Waals surface area contributed by atoms with Crippen molar-refractivity contribution >= 4 is 28.8 Å². The molecule has 1 N–H and O–H groups in total. The van der Waals surface area contributed by atoms with E-state index in [0.29, 0.717) is 19.4 Å². The molecule has 1 aromatic heterocycles.